The molecular weight excluding hydrogens is 318 g/mol. The van der Waals surface area contributed by atoms with Gasteiger partial charge < -0.3 is 19.7 Å². The van der Waals surface area contributed by atoms with Crippen molar-refractivity contribution in [2.24, 2.45) is 15.9 Å². The van der Waals surface area contributed by atoms with E-state index in [4.69, 9.17) is 20.1 Å². The first-order chi connectivity index (χ1) is 11.1. The average molecular weight is 345 g/mol. The molecule has 0 heterocycles. The fourth-order valence-electron chi connectivity index (χ4n) is 2.25. The van der Waals surface area contributed by atoms with Gasteiger partial charge in [-0.05, 0) is 39.1 Å². The van der Waals surface area contributed by atoms with Crippen LogP contribution in [0.15, 0.2) is 5.11 Å². The number of nitrogens with zero attached hydrogens (tertiary/aromatic N) is 3. The molecule has 0 fully saturated rings. The number of hydrogen-bond acceptors (Lipinski definition) is 7. The summed E-state index contributed by atoms with van der Waals surface area (Å²) in [6, 6.07) is 0. The fourth-order valence-corrected chi connectivity index (χ4v) is 2.25. The first-order valence-electron chi connectivity index (χ1n) is 7.77. The first-order valence-corrected chi connectivity index (χ1v) is 7.77. The highest BCUT2D eigenvalue weighted by atomic mass is 16.5. The number of rotatable bonds is 11. The van der Waals surface area contributed by atoms with E-state index in [1.54, 1.807) is 20.8 Å². The molecule has 24 heavy (non-hydrogen) atoms. The van der Waals surface area contributed by atoms with Crippen LogP contribution in [-0.2, 0) is 19.1 Å². The summed E-state index contributed by atoms with van der Waals surface area (Å²) in [5, 5.41) is 21.5. The van der Waals surface area contributed by atoms with Crippen LogP contribution in [0, 0.1) is 10.8 Å². The van der Waals surface area contributed by atoms with E-state index in [-0.39, 0.29) is 32.8 Å². The molecule has 0 aliphatic carbocycles. The standard InChI is InChI=1S/C15H27N3O6/c1-5-15(4,13(22)23-7-6-19)10-14(2,3)12(21)24-9-11(20)8-17-18-16/h11,19-20H,5-10H2,1-4H3. The molecule has 9 nitrogen and oxygen atoms in total. The van der Waals surface area contributed by atoms with Crippen molar-refractivity contribution in [3.8, 4) is 0 Å². The second-order valence-corrected chi connectivity index (χ2v) is 6.50. The molecule has 0 bridgehead atoms. The predicted octanol–water partition coefficient (Wildman–Crippen LogP) is 1.57. The normalized spacial score (nSPS) is 14.9. The molecule has 0 aromatic carbocycles. The van der Waals surface area contributed by atoms with Gasteiger partial charge in [-0.2, -0.15) is 0 Å². The van der Waals surface area contributed by atoms with E-state index < -0.39 is 28.9 Å². The fraction of sp³-hybridized carbons (Fsp3) is 0.867. The van der Waals surface area contributed by atoms with Crippen LogP contribution in [0.4, 0.5) is 0 Å². The highest BCUT2D eigenvalue weighted by molar-refractivity contribution is 5.80. The smallest absolute Gasteiger partial charge is 0.311 e. The Hall–Kier alpha value is -1.83. The first kappa shape index (κ1) is 22.2. The van der Waals surface area contributed by atoms with Crippen molar-refractivity contribution in [1.29, 1.82) is 0 Å². The summed E-state index contributed by atoms with van der Waals surface area (Å²) >= 11 is 0. The maximum absolute atomic E-state index is 12.2. The number of aliphatic hydroxyl groups excluding tert-OH is 2. The minimum absolute atomic E-state index is 0.0924. The number of carbonyl (C=O) groups is 2. The Kier molecular flexibility index (Phi) is 9.35. The predicted molar refractivity (Wildman–Crippen MR) is 85.8 cm³/mol. The summed E-state index contributed by atoms with van der Waals surface area (Å²) in [7, 11) is 0. The summed E-state index contributed by atoms with van der Waals surface area (Å²) in [5.41, 5.74) is 6.28. The molecule has 2 unspecified atom stereocenters. The van der Waals surface area contributed by atoms with Gasteiger partial charge in [0, 0.05) is 4.91 Å². The highest BCUT2D eigenvalue weighted by Gasteiger charge is 2.43. The Morgan fingerprint density at radius 3 is 2.38 bits per heavy atom. The van der Waals surface area contributed by atoms with Crippen LogP contribution in [0.5, 0.6) is 0 Å². The lowest BCUT2D eigenvalue weighted by Crippen LogP contribution is -2.39. The maximum atomic E-state index is 12.2. The lowest BCUT2D eigenvalue weighted by molar-refractivity contribution is -0.165. The van der Waals surface area contributed by atoms with Gasteiger partial charge >= 0.3 is 11.9 Å². The van der Waals surface area contributed by atoms with E-state index in [9.17, 15) is 14.7 Å². The van der Waals surface area contributed by atoms with Crippen molar-refractivity contribution in [3.05, 3.63) is 10.4 Å². The molecular formula is C15H27N3O6. The van der Waals surface area contributed by atoms with Gasteiger partial charge in [0.2, 0.25) is 0 Å². The minimum Gasteiger partial charge on any atom is -0.463 e. The number of esters is 2. The average Bonchev–Trinajstić information content (AvgIpc) is 2.54. The third-order valence-electron chi connectivity index (χ3n) is 3.74. The third-order valence-corrected chi connectivity index (χ3v) is 3.74. The van der Waals surface area contributed by atoms with Crippen molar-refractivity contribution in [3.63, 3.8) is 0 Å². The SMILES string of the molecule is CCC(C)(CC(C)(C)C(=O)OCC(O)CN=[N+]=[N-])C(=O)OCCO. The Bertz CT molecular complexity index is 476. The molecule has 2 atom stereocenters. The number of ether oxygens (including phenoxy) is 2. The largest absolute Gasteiger partial charge is 0.463 e. The molecule has 0 rings (SSSR count). The Labute approximate surface area is 141 Å². The van der Waals surface area contributed by atoms with Crippen molar-refractivity contribution in [1.82, 2.24) is 0 Å². The van der Waals surface area contributed by atoms with Crippen LogP contribution in [0.1, 0.15) is 40.5 Å². The highest BCUT2D eigenvalue weighted by Crippen LogP contribution is 2.38. The molecule has 138 valence electrons. The molecule has 0 aliphatic rings. The molecule has 0 saturated heterocycles. The summed E-state index contributed by atoms with van der Waals surface area (Å²) in [5.74, 6) is -1.06. The van der Waals surface area contributed by atoms with Crippen molar-refractivity contribution in [2.45, 2.75) is 46.6 Å². The second kappa shape index (κ2) is 10.1. The molecule has 0 saturated carbocycles. The Morgan fingerprint density at radius 2 is 1.88 bits per heavy atom. The summed E-state index contributed by atoms with van der Waals surface area (Å²) in [6.45, 7) is 5.95. The molecule has 0 aromatic heterocycles. The van der Waals surface area contributed by atoms with Crippen molar-refractivity contribution < 1.29 is 29.3 Å². The quantitative estimate of drug-likeness (QED) is 0.252. The van der Waals surface area contributed by atoms with Gasteiger partial charge in [0.25, 0.3) is 0 Å². The van der Waals surface area contributed by atoms with Gasteiger partial charge in [-0.15, -0.1) is 0 Å². The summed E-state index contributed by atoms with van der Waals surface area (Å²) < 4.78 is 10.0. The van der Waals surface area contributed by atoms with E-state index in [0.29, 0.717) is 6.42 Å². The van der Waals surface area contributed by atoms with Gasteiger partial charge in [-0.1, -0.05) is 12.0 Å². The van der Waals surface area contributed by atoms with Crippen LogP contribution in [0.3, 0.4) is 0 Å². The van der Waals surface area contributed by atoms with Crippen LogP contribution in [0.2, 0.25) is 0 Å². The molecule has 0 amide bonds. The molecule has 0 spiro atoms. The lowest BCUT2D eigenvalue weighted by Gasteiger charge is -2.33. The lowest BCUT2D eigenvalue weighted by atomic mass is 9.72. The van der Waals surface area contributed by atoms with Crippen LogP contribution in [-0.4, -0.2) is 54.6 Å². The topological polar surface area (TPSA) is 142 Å². The number of carbonyl (C=O) groups excluding carboxylic acids is 2. The number of azide groups is 1. The molecule has 0 radical (unpaired) electrons. The van der Waals surface area contributed by atoms with Gasteiger partial charge in [0.1, 0.15) is 13.2 Å². The van der Waals surface area contributed by atoms with Gasteiger partial charge in [-0.25, -0.2) is 0 Å². The van der Waals surface area contributed by atoms with E-state index in [0.717, 1.165) is 0 Å². The zero-order chi connectivity index (χ0) is 18.8. The monoisotopic (exact) mass is 345 g/mol. The molecule has 0 aromatic rings. The maximum Gasteiger partial charge on any atom is 0.311 e. The molecule has 0 aliphatic heterocycles. The van der Waals surface area contributed by atoms with Gasteiger partial charge in [0.05, 0.1) is 30.1 Å². The zero-order valence-corrected chi connectivity index (χ0v) is 14.7. The number of aliphatic hydroxyl groups is 2. The van der Waals surface area contributed by atoms with Gasteiger partial charge in [0.15, 0.2) is 0 Å². The molecule has 9 heteroatoms. The van der Waals surface area contributed by atoms with Crippen molar-refractivity contribution in [2.75, 3.05) is 26.4 Å². The minimum atomic E-state index is -1.08. The Morgan fingerprint density at radius 1 is 1.25 bits per heavy atom. The van der Waals surface area contributed by atoms with Crippen molar-refractivity contribution >= 4 is 11.9 Å². The van der Waals surface area contributed by atoms with Crippen LogP contribution in [0.25, 0.3) is 10.4 Å². The third kappa shape index (κ3) is 7.16. The van der Waals surface area contributed by atoms with Gasteiger partial charge in [-0.3, -0.25) is 9.59 Å². The van der Waals surface area contributed by atoms with Crippen LogP contribution >= 0.6 is 0 Å². The second-order valence-electron chi connectivity index (χ2n) is 6.50. The van der Waals surface area contributed by atoms with Crippen LogP contribution < -0.4 is 0 Å². The van der Waals surface area contributed by atoms with E-state index >= 15 is 0 Å². The molecule has 2 N–H and O–H groups in total. The summed E-state index contributed by atoms with van der Waals surface area (Å²) in [6.07, 6.45) is -0.438. The Balaban J connectivity index is 4.79. The zero-order valence-electron chi connectivity index (χ0n) is 14.7. The van der Waals surface area contributed by atoms with E-state index in [1.807, 2.05) is 6.92 Å². The van der Waals surface area contributed by atoms with E-state index in [2.05, 4.69) is 10.0 Å². The number of hydrogen-bond donors (Lipinski definition) is 2. The summed E-state index contributed by atoms with van der Waals surface area (Å²) in [4.78, 5) is 26.9. The van der Waals surface area contributed by atoms with E-state index in [1.165, 1.54) is 0 Å².